The lowest BCUT2D eigenvalue weighted by Crippen LogP contribution is -2.13. The molecular weight excluding hydrogens is 225 g/mol. The summed E-state index contributed by atoms with van der Waals surface area (Å²) in [5.74, 6) is -2.30. The Morgan fingerprint density at radius 1 is 1.56 bits per heavy atom. The van der Waals surface area contributed by atoms with E-state index in [0.29, 0.717) is 6.07 Å². The molecule has 0 saturated carbocycles. The second kappa shape index (κ2) is 4.93. The van der Waals surface area contributed by atoms with Crippen LogP contribution in [0.15, 0.2) is 6.07 Å². The van der Waals surface area contributed by atoms with Gasteiger partial charge in [-0.15, -0.1) is 0 Å². The number of carboxylic acid groups (broad SMARTS) is 1. The van der Waals surface area contributed by atoms with Gasteiger partial charge < -0.3 is 10.8 Å². The highest BCUT2D eigenvalue weighted by Gasteiger charge is 2.18. The van der Waals surface area contributed by atoms with Crippen LogP contribution in [0.4, 0.5) is 13.2 Å². The molecule has 0 atom stereocenters. The number of pyridine rings is 1. The van der Waals surface area contributed by atoms with Gasteiger partial charge in [0.1, 0.15) is 11.5 Å². The highest BCUT2D eigenvalue weighted by atomic mass is 19.3. The zero-order chi connectivity index (χ0) is 12.3. The molecule has 16 heavy (non-hydrogen) atoms. The quantitative estimate of drug-likeness (QED) is 0.821. The molecule has 0 unspecified atom stereocenters. The van der Waals surface area contributed by atoms with E-state index in [4.69, 9.17) is 10.8 Å². The minimum atomic E-state index is -2.92. The van der Waals surface area contributed by atoms with Crippen molar-refractivity contribution in [1.82, 2.24) is 4.98 Å². The van der Waals surface area contributed by atoms with Crippen LogP contribution in [0.1, 0.15) is 23.4 Å². The van der Waals surface area contributed by atoms with Crippen LogP contribution in [-0.4, -0.2) is 16.1 Å². The van der Waals surface area contributed by atoms with Crippen molar-refractivity contribution in [2.45, 2.75) is 19.4 Å². The molecule has 0 saturated heterocycles. The van der Waals surface area contributed by atoms with Crippen molar-refractivity contribution in [3.63, 3.8) is 0 Å². The first-order chi connectivity index (χ1) is 7.45. The first-order valence-electron chi connectivity index (χ1n) is 4.34. The fourth-order valence-electron chi connectivity index (χ4n) is 1.23. The molecule has 0 spiro atoms. The molecule has 0 aliphatic carbocycles. The average Bonchev–Trinajstić information content (AvgIpc) is 2.19. The third kappa shape index (κ3) is 2.69. The van der Waals surface area contributed by atoms with Crippen LogP contribution >= 0.6 is 0 Å². The molecule has 1 rings (SSSR count). The maximum Gasteiger partial charge on any atom is 0.307 e. The number of alkyl halides is 2. The Balaban J connectivity index is 3.22. The van der Waals surface area contributed by atoms with Gasteiger partial charge in [0.15, 0.2) is 0 Å². The Morgan fingerprint density at radius 3 is 2.62 bits per heavy atom. The van der Waals surface area contributed by atoms with Gasteiger partial charge in [0, 0.05) is 18.2 Å². The van der Waals surface area contributed by atoms with E-state index >= 15 is 0 Å². The average molecular weight is 234 g/mol. The van der Waals surface area contributed by atoms with Crippen LogP contribution in [0, 0.1) is 5.82 Å². The lowest BCUT2D eigenvalue weighted by Gasteiger charge is -2.08. The number of carbonyl (C=O) groups is 1. The third-order valence-electron chi connectivity index (χ3n) is 1.92. The molecule has 88 valence electrons. The van der Waals surface area contributed by atoms with Crippen LogP contribution in [-0.2, 0) is 17.8 Å². The largest absolute Gasteiger partial charge is 0.481 e. The van der Waals surface area contributed by atoms with Crippen LogP contribution < -0.4 is 5.73 Å². The summed E-state index contributed by atoms with van der Waals surface area (Å²) in [5.41, 5.74) is 4.05. The fourth-order valence-corrected chi connectivity index (χ4v) is 1.23. The second-order valence-corrected chi connectivity index (χ2v) is 3.03. The Morgan fingerprint density at radius 2 is 2.19 bits per heavy atom. The van der Waals surface area contributed by atoms with Crippen molar-refractivity contribution in [2.24, 2.45) is 5.73 Å². The molecule has 0 aromatic carbocycles. The molecule has 1 heterocycles. The molecule has 3 N–H and O–H groups in total. The van der Waals surface area contributed by atoms with E-state index in [9.17, 15) is 18.0 Å². The summed E-state index contributed by atoms with van der Waals surface area (Å²) in [6.07, 6.45) is -3.55. The number of halogens is 3. The Bertz CT molecular complexity index is 410. The molecule has 0 bridgehead atoms. The van der Waals surface area contributed by atoms with Crippen molar-refractivity contribution in [3.8, 4) is 0 Å². The van der Waals surface area contributed by atoms with E-state index in [1.165, 1.54) is 0 Å². The second-order valence-electron chi connectivity index (χ2n) is 3.03. The first kappa shape index (κ1) is 12.4. The number of carboxylic acids is 1. The minimum absolute atomic E-state index is 0.155. The highest BCUT2D eigenvalue weighted by Crippen LogP contribution is 2.21. The monoisotopic (exact) mass is 234 g/mol. The Labute approximate surface area is 88.9 Å². The fraction of sp³-hybridized carbons (Fsp3) is 0.333. The lowest BCUT2D eigenvalue weighted by atomic mass is 10.1. The predicted octanol–water partition coefficient (Wildman–Crippen LogP) is 1.24. The topological polar surface area (TPSA) is 76.2 Å². The Kier molecular flexibility index (Phi) is 3.83. The van der Waals surface area contributed by atoms with Crippen LogP contribution in [0.2, 0.25) is 0 Å². The van der Waals surface area contributed by atoms with Gasteiger partial charge >= 0.3 is 5.97 Å². The zero-order valence-corrected chi connectivity index (χ0v) is 8.08. The SMILES string of the molecule is NCc1nc(C(F)F)cc(F)c1CC(=O)O. The van der Waals surface area contributed by atoms with Crippen molar-refractivity contribution < 1.29 is 23.1 Å². The van der Waals surface area contributed by atoms with Gasteiger partial charge in [-0.2, -0.15) is 0 Å². The number of nitrogens with zero attached hydrogens (tertiary/aromatic N) is 1. The maximum absolute atomic E-state index is 13.3. The van der Waals surface area contributed by atoms with Gasteiger partial charge in [0.2, 0.25) is 0 Å². The van der Waals surface area contributed by atoms with E-state index in [-0.39, 0.29) is 17.8 Å². The summed E-state index contributed by atoms with van der Waals surface area (Å²) in [6.45, 7) is -0.292. The Hall–Kier alpha value is -1.63. The number of aromatic nitrogens is 1. The van der Waals surface area contributed by atoms with Crippen LogP contribution in [0.3, 0.4) is 0 Å². The third-order valence-corrected chi connectivity index (χ3v) is 1.92. The molecule has 0 fully saturated rings. The summed E-state index contributed by atoms with van der Waals surface area (Å²) in [4.78, 5) is 13.9. The molecule has 7 heteroatoms. The van der Waals surface area contributed by atoms with E-state index in [2.05, 4.69) is 4.98 Å². The zero-order valence-electron chi connectivity index (χ0n) is 8.08. The van der Waals surface area contributed by atoms with E-state index in [0.717, 1.165) is 0 Å². The lowest BCUT2D eigenvalue weighted by molar-refractivity contribution is -0.136. The highest BCUT2D eigenvalue weighted by molar-refractivity contribution is 5.70. The summed E-state index contributed by atoms with van der Waals surface area (Å²) < 4.78 is 37.9. The molecule has 0 radical (unpaired) electrons. The van der Waals surface area contributed by atoms with Crippen LogP contribution in [0.5, 0.6) is 0 Å². The molecule has 0 aliphatic rings. The molecule has 1 aromatic rings. The van der Waals surface area contributed by atoms with Gasteiger partial charge in [0.05, 0.1) is 12.1 Å². The summed E-state index contributed by atoms with van der Waals surface area (Å²) in [6, 6.07) is 0.530. The summed E-state index contributed by atoms with van der Waals surface area (Å²) in [5, 5.41) is 8.51. The molecule has 4 nitrogen and oxygen atoms in total. The number of aliphatic carboxylic acids is 1. The molecule has 0 aliphatic heterocycles. The normalized spacial score (nSPS) is 10.8. The van der Waals surface area contributed by atoms with Crippen molar-refractivity contribution >= 4 is 5.97 Å². The van der Waals surface area contributed by atoms with Crippen molar-refractivity contribution in [2.75, 3.05) is 0 Å². The van der Waals surface area contributed by atoms with E-state index < -0.39 is 30.3 Å². The van der Waals surface area contributed by atoms with E-state index in [1.807, 2.05) is 0 Å². The molecule has 1 aromatic heterocycles. The minimum Gasteiger partial charge on any atom is -0.481 e. The van der Waals surface area contributed by atoms with Gasteiger partial charge in [-0.05, 0) is 0 Å². The van der Waals surface area contributed by atoms with Crippen molar-refractivity contribution in [1.29, 1.82) is 0 Å². The van der Waals surface area contributed by atoms with E-state index in [1.54, 1.807) is 0 Å². The predicted molar refractivity (Wildman–Crippen MR) is 48.4 cm³/mol. The van der Waals surface area contributed by atoms with Crippen LogP contribution in [0.25, 0.3) is 0 Å². The maximum atomic E-state index is 13.3. The first-order valence-corrected chi connectivity index (χ1v) is 4.34. The van der Waals surface area contributed by atoms with Gasteiger partial charge in [-0.25, -0.2) is 18.2 Å². The van der Waals surface area contributed by atoms with Gasteiger partial charge in [-0.1, -0.05) is 0 Å². The number of nitrogens with two attached hydrogens (primary N) is 1. The molecular formula is C9H9F3N2O2. The molecule has 0 amide bonds. The van der Waals surface area contributed by atoms with Crippen molar-refractivity contribution in [3.05, 3.63) is 28.8 Å². The standard InChI is InChI=1S/C9H9F3N2O2/c10-5-2-6(9(11)12)14-7(3-13)4(5)1-8(15)16/h2,9H,1,3,13H2,(H,15,16). The summed E-state index contributed by atoms with van der Waals surface area (Å²) in [7, 11) is 0. The number of rotatable bonds is 4. The number of hydrogen-bond acceptors (Lipinski definition) is 3. The van der Waals surface area contributed by atoms with Gasteiger partial charge in [-0.3, -0.25) is 4.79 Å². The number of hydrogen-bond donors (Lipinski definition) is 2. The summed E-state index contributed by atoms with van der Waals surface area (Å²) >= 11 is 0. The smallest absolute Gasteiger partial charge is 0.307 e. The van der Waals surface area contributed by atoms with Gasteiger partial charge in [0.25, 0.3) is 6.43 Å².